The largest absolute Gasteiger partial charge is 0.433 e. The molecule has 3 aromatic carbocycles. The topological polar surface area (TPSA) is 18.5 Å². The Bertz CT molecular complexity index is 2010. The van der Waals surface area contributed by atoms with E-state index in [9.17, 15) is 57.1 Å². The molecule has 4 rings (SSSR count). The molecule has 0 bridgehead atoms. The number of unbranched alkanes of at least 4 members (excludes halogenated alkanes) is 4. The van der Waals surface area contributed by atoms with Crippen LogP contribution in [0.1, 0.15) is 60.8 Å². The maximum absolute atomic E-state index is 14.6. The van der Waals surface area contributed by atoms with E-state index in [0.717, 1.165) is 0 Å². The van der Waals surface area contributed by atoms with Gasteiger partial charge in [-0.2, -0.15) is 17.6 Å². The van der Waals surface area contributed by atoms with Crippen molar-refractivity contribution in [3.63, 3.8) is 0 Å². The molecule has 0 saturated heterocycles. The van der Waals surface area contributed by atoms with Crippen LogP contribution in [0.5, 0.6) is 5.75 Å². The van der Waals surface area contributed by atoms with Gasteiger partial charge in [-0.25, -0.2) is 39.5 Å². The summed E-state index contributed by atoms with van der Waals surface area (Å²) in [6.45, 7) is 0. The van der Waals surface area contributed by atoms with Gasteiger partial charge in [0.15, 0.2) is 29.1 Å². The van der Waals surface area contributed by atoms with Crippen LogP contribution >= 0.6 is 9.24 Å². The Morgan fingerprint density at radius 2 is 1.10 bits per heavy atom. The molecule has 0 aliphatic heterocycles. The Balaban J connectivity index is 1.28. The molecule has 0 heterocycles. The number of rotatable bonds is 10. The number of hydrogen-bond donors (Lipinski definition) is 0. The van der Waals surface area contributed by atoms with E-state index in [2.05, 4.69) is 33.2 Å². The highest BCUT2D eigenvalue weighted by molar-refractivity contribution is 7.27. The summed E-state index contributed by atoms with van der Waals surface area (Å²) < 4.78 is 192. The maximum Gasteiger partial charge on any atom is 0.432 e. The second-order valence-corrected chi connectivity index (χ2v) is 11.5. The average Bonchev–Trinajstić information content (AvgIpc) is 3.14. The zero-order valence-electron chi connectivity index (χ0n) is 26.2. The molecule has 2 nitrogen and oxygen atoms in total. The normalized spacial score (nSPS) is 13.3. The predicted molar refractivity (Wildman–Crippen MR) is 166 cm³/mol. The molecule has 16 heteroatoms. The summed E-state index contributed by atoms with van der Waals surface area (Å²) in [6, 6.07) is 3.11. The van der Waals surface area contributed by atoms with Gasteiger partial charge in [0.25, 0.3) is 0 Å². The summed E-state index contributed by atoms with van der Waals surface area (Å²) in [5.41, 5.74) is -4.17. The molecule has 0 amide bonds. The Kier molecular flexibility index (Phi) is 12.8. The molecule has 52 heavy (non-hydrogen) atoms. The van der Waals surface area contributed by atoms with Gasteiger partial charge in [-0.1, -0.05) is 30.1 Å². The molecule has 0 N–H and O–H groups in total. The number of halogens is 13. The summed E-state index contributed by atoms with van der Waals surface area (Å²) in [5.74, 6) is -7.03. The second-order valence-electron chi connectivity index (χ2n) is 10.9. The lowest BCUT2D eigenvalue weighted by Crippen LogP contribution is -2.26. The van der Waals surface area contributed by atoms with E-state index in [1.807, 2.05) is 0 Å². The molecule has 0 saturated carbocycles. The van der Waals surface area contributed by atoms with Crippen LogP contribution in [0.3, 0.4) is 0 Å². The third kappa shape index (κ3) is 9.91. The van der Waals surface area contributed by atoms with Crippen molar-refractivity contribution in [2.24, 2.45) is 0 Å². The van der Waals surface area contributed by atoms with Crippen LogP contribution in [-0.2, 0) is 17.0 Å². The van der Waals surface area contributed by atoms with Crippen molar-refractivity contribution in [3.05, 3.63) is 129 Å². The quantitative estimate of drug-likeness (QED) is 0.0886. The lowest BCUT2D eigenvalue weighted by Gasteiger charge is -2.20. The summed E-state index contributed by atoms with van der Waals surface area (Å²) in [6.07, 6.45) is -7.77. The number of ether oxygens (including phenoxy) is 2. The molecule has 0 spiro atoms. The van der Waals surface area contributed by atoms with Crippen LogP contribution in [0.25, 0.3) is 0 Å². The SMILES string of the molecule is FC1=CCC(OC(F)(F)c2c(F)cc(C#CCCCCCC#Cc3cc(F)c(C(F)(F)Oc4cc(F)c(F)c(P)c4)c(F)c3)cc2F)=CC(F)=C1F. The Labute approximate surface area is 290 Å². The van der Waals surface area contributed by atoms with E-state index in [0.29, 0.717) is 61.7 Å². The van der Waals surface area contributed by atoms with Crippen LogP contribution in [0.15, 0.2) is 71.8 Å². The van der Waals surface area contributed by atoms with Gasteiger partial charge in [-0.15, -0.1) is 9.24 Å². The van der Waals surface area contributed by atoms with Crippen molar-refractivity contribution >= 4 is 14.5 Å². The van der Waals surface area contributed by atoms with Crippen molar-refractivity contribution in [2.75, 3.05) is 0 Å². The second kappa shape index (κ2) is 16.6. The fourth-order valence-electron chi connectivity index (χ4n) is 4.57. The van der Waals surface area contributed by atoms with E-state index in [1.165, 1.54) is 0 Å². The van der Waals surface area contributed by atoms with Crippen molar-refractivity contribution in [2.45, 2.75) is 50.7 Å². The molecule has 1 aliphatic rings. The van der Waals surface area contributed by atoms with Crippen molar-refractivity contribution < 1.29 is 66.5 Å². The van der Waals surface area contributed by atoms with Gasteiger partial charge < -0.3 is 9.47 Å². The van der Waals surface area contributed by atoms with Crippen LogP contribution in [0.2, 0.25) is 0 Å². The number of benzene rings is 3. The molecular formula is C36H22F13O2P. The Morgan fingerprint density at radius 3 is 1.58 bits per heavy atom. The van der Waals surface area contributed by atoms with Crippen LogP contribution in [0.4, 0.5) is 57.1 Å². The number of hydrogen-bond acceptors (Lipinski definition) is 2. The first kappa shape index (κ1) is 39.9. The third-order valence-corrected chi connectivity index (χ3v) is 7.38. The van der Waals surface area contributed by atoms with Gasteiger partial charge in [0.2, 0.25) is 0 Å². The molecule has 1 unspecified atom stereocenters. The highest BCUT2D eigenvalue weighted by Gasteiger charge is 2.43. The smallest absolute Gasteiger partial charge is 0.432 e. The average molecular weight is 765 g/mol. The Morgan fingerprint density at radius 1 is 0.615 bits per heavy atom. The van der Waals surface area contributed by atoms with Gasteiger partial charge >= 0.3 is 12.2 Å². The van der Waals surface area contributed by atoms with Gasteiger partial charge in [-0.05, 0) is 49.2 Å². The van der Waals surface area contributed by atoms with Gasteiger partial charge in [0, 0.05) is 47.8 Å². The van der Waals surface area contributed by atoms with Crippen LogP contribution in [0, 0.1) is 58.6 Å². The lowest BCUT2D eigenvalue weighted by atomic mass is 10.1. The van der Waals surface area contributed by atoms with Crippen molar-refractivity contribution in [1.29, 1.82) is 0 Å². The zero-order chi connectivity index (χ0) is 38.4. The molecule has 274 valence electrons. The van der Waals surface area contributed by atoms with Crippen LogP contribution < -0.4 is 10.0 Å². The molecule has 0 aromatic heterocycles. The monoisotopic (exact) mass is 764 g/mol. The zero-order valence-corrected chi connectivity index (χ0v) is 27.3. The van der Waals surface area contributed by atoms with Gasteiger partial charge in [-0.3, -0.25) is 0 Å². The Hall–Kier alpha value is -4.88. The van der Waals surface area contributed by atoms with Crippen molar-refractivity contribution in [1.82, 2.24) is 0 Å². The molecule has 0 radical (unpaired) electrons. The van der Waals surface area contributed by atoms with Crippen LogP contribution in [-0.4, -0.2) is 0 Å². The highest BCUT2D eigenvalue weighted by atomic mass is 31.0. The minimum atomic E-state index is -4.69. The molecular weight excluding hydrogens is 742 g/mol. The summed E-state index contributed by atoms with van der Waals surface area (Å²) in [5, 5.41) is -0.454. The van der Waals surface area contributed by atoms with E-state index < -0.39 is 99.0 Å². The summed E-state index contributed by atoms with van der Waals surface area (Å²) in [7, 11) is 1.76. The first-order chi connectivity index (χ1) is 24.4. The summed E-state index contributed by atoms with van der Waals surface area (Å²) >= 11 is 0. The molecule has 1 aliphatic carbocycles. The predicted octanol–water partition coefficient (Wildman–Crippen LogP) is 10.9. The van der Waals surface area contributed by atoms with Gasteiger partial charge in [0.1, 0.15) is 45.9 Å². The minimum Gasteiger partial charge on any atom is -0.433 e. The fourth-order valence-corrected chi connectivity index (χ4v) is 4.87. The van der Waals surface area contributed by atoms with E-state index in [-0.39, 0.29) is 30.0 Å². The standard InChI is InChI=1S/C36H22F13O2P/c37-23-11-10-21(16-28(42)33(23)44)50-35(46,47)31-24(38)12-19(13-25(31)39)8-6-4-2-1-3-5-7-9-20-14-26(40)32(27(41)15-20)36(48,49)51-22-17-29(43)34(45)30(52)18-22/h11-18H,1-5,10,52H2. The molecule has 3 aromatic rings. The maximum atomic E-state index is 14.6. The fraction of sp³-hybridized carbons (Fsp3) is 0.222. The first-order valence-corrected chi connectivity index (χ1v) is 15.4. The van der Waals surface area contributed by atoms with Gasteiger partial charge in [0.05, 0.1) is 0 Å². The summed E-state index contributed by atoms with van der Waals surface area (Å²) in [4.78, 5) is 0. The van der Waals surface area contributed by atoms with E-state index in [4.69, 9.17) is 0 Å². The lowest BCUT2D eigenvalue weighted by molar-refractivity contribution is -0.228. The molecule has 1 atom stereocenters. The third-order valence-electron chi connectivity index (χ3n) is 6.96. The minimum absolute atomic E-state index is 0.129. The first-order valence-electron chi connectivity index (χ1n) is 14.9. The number of alkyl halides is 4. The highest BCUT2D eigenvalue weighted by Crippen LogP contribution is 2.39. The number of allylic oxidation sites excluding steroid dienone is 5. The van der Waals surface area contributed by atoms with E-state index in [1.54, 1.807) is 9.24 Å². The molecule has 0 fully saturated rings. The van der Waals surface area contributed by atoms with E-state index >= 15 is 0 Å². The van der Waals surface area contributed by atoms with Crippen molar-refractivity contribution in [3.8, 4) is 29.4 Å².